The maximum Gasteiger partial charge on any atom is 0.157 e. The van der Waals surface area contributed by atoms with Crippen LogP contribution < -0.4 is 0 Å². The van der Waals surface area contributed by atoms with Crippen LogP contribution in [0.4, 0.5) is 13.2 Å². The summed E-state index contributed by atoms with van der Waals surface area (Å²) < 4.78 is 59.3. The molecule has 0 radical (unpaired) electrons. The van der Waals surface area contributed by atoms with E-state index in [1.807, 2.05) is 18.2 Å². The van der Waals surface area contributed by atoms with Gasteiger partial charge < -0.3 is 14.2 Å². The number of benzene rings is 3. The SMILES string of the molecule is COCCCC1COC(CCc2ccc3c(F)c(CCc4cc(F)c(Cl)c(F)c4)ccc3c2)OC1. The van der Waals surface area contributed by atoms with Gasteiger partial charge in [0, 0.05) is 31.4 Å². The second-order valence-electron chi connectivity index (χ2n) is 9.10. The molecule has 3 aromatic carbocycles. The molecular weight excluding hydrogens is 477 g/mol. The Bertz CT molecular complexity index is 1120. The molecule has 1 fully saturated rings. The zero-order chi connectivity index (χ0) is 24.8. The van der Waals surface area contributed by atoms with Gasteiger partial charge in [0.15, 0.2) is 6.29 Å². The van der Waals surface area contributed by atoms with Gasteiger partial charge in [0.25, 0.3) is 0 Å². The van der Waals surface area contributed by atoms with Crippen LogP contribution in [0, 0.1) is 23.4 Å². The van der Waals surface area contributed by atoms with Crippen molar-refractivity contribution in [3.63, 3.8) is 0 Å². The molecule has 188 valence electrons. The minimum absolute atomic E-state index is 0.217. The summed E-state index contributed by atoms with van der Waals surface area (Å²) in [6.07, 6.45) is 3.97. The third-order valence-electron chi connectivity index (χ3n) is 6.49. The Labute approximate surface area is 209 Å². The molecule has 0 unspecified atom stereocenters. The summed E-state index contributed by atoms with van der Waals surface area (Å²) in [6, 6.07) is 11.7. The van der Waals surface area contributed by atoms with Gasteiger partial charge in [0.05, 0.1) is 13.2 Å². The third kappa shape index (κ3) is 6.76. The Kier molecular flexibility index (Phi) is 9.06. The first-order chi connectivity index (χ1) is 16.9. The van der Waals surface area contributed by atoms with E-state index in [0.29, 0.717) is 48.5 Å². The van der Waals surface area contributed by atoms with Gasteiger partial charge in [-0.3, -0.25) is 0 Å². The fourth-order valence-electron chi connectivity index (χ4n) is 4.48. The van der Waals surface area contributed by atoms with E-state index in [1.165, 1.54) is 12.1 Å². The molecule has 4 rings (SSSR count). The Hall–Kier alpha value is -2.12. The molecule has 0 amide bonds. The van der Waals surface area contributed by atoms with Crippen molar-refractivity contribution in [2.75, 3.05) is 26.9 Å². The molecule has 3 aromatic rings. The van der Waals surface area contributed by atoms with Gasteiger partial charge in [0.1, 0.15) is 22.5 Å². The maximum atomic E-state index is 15.1. The number of rotatable bonds is 10. The van der Waals surface area contributed by atoms with Crippen molar-refractivity contribution in [1.82, 2.24) is 0 Å². The lowest BCUT2D eigenvalue weighted by molar-refractivity contribution is -0.203. The summed E-state index contributed by atoms with van der Waals surface area (Å²) in [6.45, 7) is 2.16. The van der Waals surface area contributed by atoms with Crippen LogP contribution in [0.2, 0.25) is 5.02 Å². The molecule has 0 bridgehead atoms. The maximum absolute atomic E-state index is 15.1. The first kappa shape index (κ1) is 26.0. The van der Waals surface area contributed by atoms with Crippen LogP contribution in [0.3, 0.4) is 0 Å². The van der Waals surface area contributed by atoms with Gasteiger partial charge >= 0.3 is 0 Å². The molecule has 1 aliphatic heterocycles. The number of aryl methyl sites for hydroxylation is 3. The lowest BCUT2D eigenvalue weighted by Gasteiger charge is -2.29. The molecule has 0 spiro atoms. The van der Waals surface area contributed by atoms with E-state index in [9.17, 15) is 8.78 Å². The van der Waals surface area contributed by atoms with Crippen LogP contribution in [-0.4, -0.2) is 33.2 Å². The normalized spacial score (nSPS) is 18.3. The lowest BCUT2D eigenvalue weighted by Crippen LogP contribution is -2.32. The standard InChI is InChI=1S/C28H30ClF3O3/c1-33-12-2-3-20-16-34-26(35-17-20)11-6-18-5-10-23-22(13-18)9-8-21(28(23)32)7-4-19-14-24(30)27(29)25(31)15-19/h5,8-10,13-15,20,26H,2-4,6-7,11-12,16-17H2,1H3. The summed E-state index contributed by atoms with van der Waals surface area (Å²) in [5.74, 6) is -1.50. The Balaban J connectivity index is 1.32. The molecule has 1 heterocycles. The fraction of sp³-hybridized carbons (Fsp3) is 0.429. The quantitative estimate of drug-likeness (QED) is 0.218. The summed E-state index contributed by atoms with van der Waals surface area (Å²) in [7, 11) is 1.71. The predicted molar refractivity (Wildman–Crippen MR) is 131 cm³/mol. The smallest absolute Gasteiger partial charge is 0.157 e. The highest BCUT2D eigenvalue weighted by molar-refractivity contribution is 6.30. The van der Waals surface area contributed by atoms with E-state index in [1.54, 1.807) is 19.2 Å². The molecule has 0 N–H and O–H groups in total. The van der Waals surface area contributed by atoms with Gasteiger partial charge in [-0.2, -0.15) is 0 Å². The summed E-state index contributed by atoms with van der Waals surface area (Å²) >= 11 is 5.54. The van der Waals surface area contributed by atoms with Crippen molar-refractivity contribution >= 4 is 22.4 Å². The predicted octanol–water partition coefficient (Wildman–Crippen LogP) is 7.04. The zero-order valence-electron chi connectivity index (χ0n) is 19.8. The summed E-state index contributed by atoms with van der Waals surface area (Å²) in [4.78, 5) is 0. The topological polar surface area (TPSA) is 27.7 Å². The van der Waals surface area contributed by atoms with Crippen LogP contribution >= 0.6 is 11.6 Å². The molecule has 7 heteroatoms. The van der Waals surface area contributed by atoms with Crippen molar-refractivity contribution in [2.24, 2.45) is 5.92 Å². The van der Waals surface area contributed by atoms with Gasteiger partial charge in [-0.25, -0.2) is 13.2 Å². The first-order valence-corrected chi connectivity index (χ1v) is 12.4. The average Bonchev–Trinajstić information content (AvgIpc) is 2.86. The van der Waals surface area contributed by atoms with Crippen LogP contribution in [0.25, 0.3) is 10.8 Å². The Morgan fingerprint density at radius 2 is 1.63 bits per heavy atom. The van der Waals surface area contributed by atoms with Crippen molar-refractivity contribution in [3.05, 3.63) is 81.6 Å². The molecule has 35 heavy (non-hydrogen) atoms. The molecule has 1 saturated heterocycles. The molecule has 3 nitrogen and oxygen atoms in total. The van der Waals surface area contributed by atoms with Crippen molar-refractivity contribution in [1.29, 1.82) is 0 Å². The average molecular weight is 507 g/mol. The van der Waals surface area contributed by atoms with Crippen molar-refractivity contribution < 1.29 is 27.4 Å². The number of methoxy groups -OCH3 is 1. The van der Waals surface area contributed by atoms with Gasteiger partial charge in [0.2, 0.25) is 0 Å². The van der Waals surface area contributed by atoms with Crippen molar-refractivity contribution in [3.8, 4) is 0 Å². The molecule has 0 aromatic heterocycles. The Morgan fingerprint density at radius 3 is 2.34 bits per heavy atom. The van der Waals surface area contributed by atoms with Gasteiger partial charge in [-0.15, -0.1) is 0 Å². The molecular formula is C28H30ClF3O3. The number of halogens is 4. The van der Waals surface area contributed by atoms with Gasteiger partial charge in [-0.05, 0) is 66.3 Å². The fourth-order valence-corrected chi connectivity index (χ4v) is 4.59. The van der Waals surface area contributed by atoms with Crippen LogP contribution in [0.15, 0.2) is 42.5 Å². The van der Waals surface area contributed by atoms with Crippen LogP contribution in [0.1, 0.15) is 36.0 Å². The highest BCUT2D eigenvalue weighted by Crippen LogP contribution is 2.26. The minimum Gasteiger partial charge on any atom is -0.385 e. The van der Waals surface area contributed by atoms with E-state index in [0.717, 1.165) is 43.2 Å². The van der Waals surface area contributed by atoms with Crippen LogP contribution in [-0.2, 0) is 33.5 Å². The molecule has 0 saturated carbocycles. The highest BCUT2D eigenvalue weighted by Gasteiger charge is 2.22. The highest BCUT2D eigenvalue weighted by atomic mass is 35.5. The summed E-state index contributed by atoms with van der Waals surface area (Å²) in [5.41, 5.74) is 2.03. The lowest BCUT2D eigenvalue weighted by atomic mass is 9.98. The zero-order valence-corrected chi connectivity index (χ0v) is 20.6. The number of fused-ring (bicyclic) bond motifs is 1. The van der Waals surface area contributed by atoms with E-state index in [4.69, 9.17) is 25.8 Å². The minimum atomic E-state index is -0.806. The largest absolute Gasteiger partial charge is 0.385 e. The van der Waals surface area contributed by atoms with E-state index < -0.39 is 16.7 Å². The summed E-state index contributed by atoms with van der Waals surface area (Å²) in [5, 5.41) is 0.824. The number of hydrogen-bond donors (Lipinski definition) is 0. The monoisotopic (exact) mass is 506 g/mol. The molecule has 1 aliphatic rings. The van der Waals surface area contributed by atoms with E-state index in [-0.39, 0.29) is 12.1 Å². The molecule has 0 aliphatic carbocycles. The Morgan fingerprint density at radius 1 is 0.886 bits per heavy atom. The van der Waals surface area contributed by atoms with E-state index in [2.05, 4.69) is 0 Å². The number of hydrogen-bond acceptors (Lipinski definition) is 3. The number of ether oxygens (including phenoxy) is 3. The second kappa shape index (κ2) is 12.2. The van der Waals surface area contributed by atoms with Crippen molar-refractivity contribution in [2.45, 2.75) is 44.8 Å². The molecule has 0 atom stereocenters. The second-order valence-corrected chi connectivity index (χ2v) is 9.48. The van der Waals surface area contributed by atoms with Crippen LogP contribution in [0.5, 0.6) is 0 Å². The first-order valence-electron chi connectivity index (χ1n) is 12.0. The third-order valence-corrected chi connectivity index (χ3v) is 6.85. The van der Waals surface area contributed by atoms with Gasteiger partial charge in [-0.1, -0.05) is 41.9 Å². The van der Waals surface area contributed by atoms with E-state index >= 15 is 4.39 Å².